The maximum Gasteiger partial charge on any atom is 0.421 e. The number of esters is 1. The van der Waals surface area contributed by atoms with Crippen LogP contribution in [0.25, 0.3) is 0 Å². The number of imide groups is 1. The van der Waals surface area contributed by atoms with Crippen LogP contribution in [0, 0.1) is 0 Å². The van der Waals surface area contributed by atoms with Crippen LogP contribution in [0.4, 0.5) is 15.3 Å². The van der Waals surface area contributed by atoms with Crippen LogP contribution in [0.2, 0.25) is 5.02 Å². The zero-order chi connectivity index (χ0) is 28.8. The second kappa shape index (κ2) is 10.0. The molecule has 4 rings (SSSR count). The summed E-state index contributed by atoms with van der Waals surface area (Å²) in [5, 5.41) is 0.0733. The number of hydrogen-bond donors (Lipinski definition) is 0. The Morgan fingerprint density at radius 3 is 2.13 bits per heavy atom. The van der Waals surface area contributed by atoms with Gasteiger partial charge in [-0.3, -0.25) is 9.69 Å². The third-order valence-corrected chi connectivity index (χ3v) is 6.32. The van der Waals surface area contributed by atoms with Gasteiger partial charge in [-0.25, -0.2) is 19.3 Å². The summed E-state index contributed by atoms with van der Waals surface area (Å²) in [5.41, 5.74) is -3.18. The molecule has 2 aliphatic rings. The summed E-state index contributed by atoms with van der Waals surface area (Å²) in [6.07, 6.45) is -0.406. The van der Waals surface area contributed by atoms with E-state index < -0.39 is 40.8 Å². The first-order valence-electron chi connectivity index (χ1n) is 12.5. The van der Waals surface area contributed by atoms with Crippen molar-refractivity contribution in [2.45, 2.75) is 64.9 Å². The molecule has 1 atom stereocenters. The van der Waals surface area contributed by atoms with Gasteiger partial charge >= 0.3 is 18.2 Å². The van der Waals surface area contributed by atoms with E-state index in [-0.39, 0.29) is 35.0 Å². The standard InChI is InChI=1S/C29H31ClN2O7/c1-27(2,3)38-25(35)31-16-15-19(23(33)37-17-18-11-8-7-9-12-18)29(31)22-20(30)13-10-14-21(22)32(24(29)34)26(36)39-28(4,5)6/h7-15H,16-17H2,1-6H3. The number of amides is 3. The molecule has 2 aromatic carbocycles. The van der Waals surface area contributed by atoms with Gasteiger partial charge in [0.2, 0.25) is 0 Å². The lowest BCUT2D eigenvalue weighted by Gasteiger charge is -2.37. The maximum absolute atomic E-state index is 14.4. The van der Waals surface area contributed by atoms with Crippen LogP contribution in [0.3, 0.4) is 0 Å². The minimum Gasteiger partial charge on any atom is -0.457 e. The molecule has 0 aliphatic carbocycles. The number of halogens is 1. The second-order valence-corrected chi connectivity index (χ2v) is 11.6. The van der Waals surface area contributed by atoms with Gasteiger partial charge in [-0.05, 0) is 59.2 Å². The third-order valence-electron chi connectivity index (χ3n) is 6.00. The van der Waals surface area contributed by atoms with Gasteiger partial charge in [-0.15, -0.1) is 0 Å². The summed E-state index contributed by atoms with van der Waals surface area (Å²) in [4.78, 5) is 56.8. The van der Waals surface area contributed by atoms with Gasteiger partial charge in [-0.2, -0.15) is 0 Å². The second-order valence-electron chi connectivity index (χ2n) is 11.2. The molecule has 9 nitrogen and oxygen atoms in total. The van der Waals surface area contributed by atoms with Crippen molar-refractivity contribution in [3.63, 3.8) is 0 Å². The van der Waals surface area contributed by atoms with E-state index in [1.807, 2.05) is 6.07 Å². The van der Waals surface area contributed by atoms with E-state index in [2.05, 4.69) is 0 Å². The summed E-state index contributed by atoms with van der Waals surface area (Å²) in [6, 6.07) is 13.6. The number of carbonyl (C=O) groups is 4. The summed E-state index contributed by atoms with van der Waals surface area (Å²) >= 11 is 6.66. The Balaban J connectivity index is 1.86. The van der Waals surface area contributed by atoms with Crippen molar-refractivity contribution >= 4 is 41.4 Å². The molecule has 2 aliphatic heterocycles. The van der Waals surface area contributed by atoms with Gasteiger partial charge in [0.25, 0.3) is 5.91 Å². The molecular weight excluding hydrogens is 524 g/mol. The predicted octanol–water partition coefficient (Wildman–Crippen LogP) is 5.74. The van der Waals surface area contributed by atoms with Crippen molar-refractivity contribution in [3.05, 3.63) is 76.3 Å². The molecule has 2 aromatic rings. The number of fused-ring (bicyclic) bond motifs is 2. The highest BCUT2D eigenvalue weighted by Crippen LogP contribution is 2.54. The fraction of sp³-hybridized carbons (Fsp3) is 0.379. The van der Waals surface area contributed by atoms with Crippen molar-refractivity contribution in [1.82, 2.24) is 4.90 Å². The molecule has 0 saturated heterocycles. The molecule has 0 aromatic heterocycles. The molecule has 0 N–H and O–H groups in total. The van der Waals surface area contributed by atoms with E-state index in [4.69, 9.17) is 25.8 Å². The van der Waals surface area contributed by atoms with Crippen LogP contribution in [0.15, 0.2) is 60.2 Å². The topological polar surface area (TPSA) is 102 Å². The number of ether oxygens (including phenoxy) is 3. The van der Waals surface area contributed by atoms with Gasteiger partial charge < -0.3 is 14.2 Å². The van der Waals surface area contributed by atoms with Crippen LogP contribution >= 0.6 is 11.6 Å². The first-order valence-corrected chi connectivity index (χ1v) is 12.8. The molecule has 2 heterocycles. The maximum atomic E-state index is 14.4. The largest absolute Gasteiger partial charge is 0.457 e. The molecule has 206 valence electrons. The number of nitrogens with zero attached hydrogens (tertiary/aromatic N) is 2. The fourth-order valence-electron chi connectivity index (χ4n) is 4.60. The first kappa shape index (κ1) is 28.2. The van der Waals surface area contributed by atoms with E-state index in [0.717, 1.165) is 15.4 Å². The SMILES string of the molecule is CC(C)(C)OC(=O)N1C(=O)C2(C(C(=O)OCc3ccccc3)=CCN2C(=O)OC(C)(C)C)c2c(Cl)cccc21. The Labute approximate surface area is 232 Å². The summed E-state index contributed by atoms with van der Waals surface area (Å²) in [6.45, 7) is 9.79. The molecule has 0 bridgehead atoms. The van der Waals surface area contributed by atoms with Crippen LogP contribution in [-0.2, 0) is 35.9 Å². The zero-order valence-corrected chi connectivity index (χ0v) is 23.5. The van der Waals surface area contributed by atoms with Gasteiger partial charge in [0.05, 0.1) is 11.3 Å². The number of rotatable bonds is 3. The molecular formula is C29H31ClN2O7. The van der Waals surface area contributed by atoms with Gasteiger partial charge in [0.1, 0.15) is 17.8 Å². The lowest BCUT2D eigenvalue weighted by molar-refractivity contribution is -0.143. The Morgan fingerprint density at radius 1 is 0.897 bits per heavy atom. The molecule has 39 heavy (non-hydrogen) atoms. The highest BCUT2D eigenvalue weighted by molar-refractivity contribution is 6.35. The molecule has 0 saturated carbocycles. The van der Waals surface area contributed by atoms with Crippen molar-refractivity contribution in [2.24, 2.45) is 0 Å². The minimum atomic E-state index is -2.11. The summed E-state index contributed by atoms with van der Waals surface area (Å²) in [7, 11) is 0. The van der Waals surface area contributed by atoms with E-state index in [1.54, 1.807) is 71.9 Å². The zero-order valence-electron chi connectivity index (χ0n) is 22.7. The normalized spacial score (nSPS) is 18.6. The highest BCUT2D eigenvalue weighted by atomic mass is 35.5. The highest BCUT2D eigenvalue weighted by Gasteiger charge is 2.66. The van der Waals surface area contributed by atoms with Crippen LogP contribution in [0.5, 0.6) is 0 Å². The van der Waals surface area contributed by atoms with Gasteiger partial charge in [0, 0.05) is 17.1 Å². The number of carbonyl (C=O) groups excluding carboxylic acids is 4. The Bertz CT molecular complexity index is 1360. The molecule has 0 fully saturated rings. The summed E-state index contributed by atoms with van der Waals surface area (Å²) in [5.74, 6) is -1.73. The quantitative estimate of drug-likeness (QED) is 0.352. The van der Waals surface area contributed by atoms with Crippen LogP contribution in [-0.4, -0.2) is 46.7 Å². The average molecular weight is 555 g/mol. The Morgan fingerprint density at radius 2 is 1.51 bits per heavy atom. The lowest BCUT2D eigenvalue weighted by Crippen LogP contribution is -2.57. The molecule has 3 amide bonds. The van der Waals surface area contributed by atoms with E-state index in [9.17, 15) is 19.2 Å². The Hall–Kier alpha value is -3.85. The smallest absolute Gasteiger partial charge is 0.421 e. The average Bonchev–Trinajstić information content (AvgIpc) is 3.34. The minimum absolute atomic E-state index is 0.0706. The van der Waals surface area contributed by atoms with Crippen molar-refractivity contribution in [3.8, 4) is 0 Å². The van der Waals surface area contributed by atoms with Crippen molar-refractivity contribution < 1.29 is 33.4 Å². The lowest BCUT2D eigenvalue weighted by atomic mass is 9.84. The third kappa shape index (κ3) is 5.23. The molecule has 1 spiro atoms. The first-order chi connectivity index (χ1) is 18.2. The van der Waals surface area contributed by atoms with E-state index in [0.29, 0.717) is 0 Å². The number of anilines is 1. The van der Waals surface area contributed by atoms with Crippen LogP contribution in [0.1, 0.15) is 52.7 Å². The van der Waals surface area contributed by atoms with Crippen molar-refractivity contribution in [1.29, 1.82) is 0 Å². The molecule has 1 unspecified atom stereocenters. The Kier molecular flexibility index (Phi) is 7.25. The molecule has 10 heteroatoms. The van der Waals surface area contributed by atoms with Crippen molar-refractivity contribution in [2.75, 3.05) is 11.4 Å². The van der Waals surface area contributed by atoms with Gasteiger partial charge in [-0.1, -0.05) is 54.1 Å². The monoisotopic (exact) mass is 554 g/mol. The number of benzene rings is 2. The number of hydrogen-bond acceptors (Lipinski definition) is 7. The van der Waals surface area contributed by atoms with Gasteiger partial charge in [0.15, 0.2) is 5.54 Å². The molecule has 0 radical (unpaired) electrons. The van der Waals surface area contributed by atoms with Crippen LogP contribution < -0.4 is 4.90 Å². The summed E-state index contributed by atoms with van der Waals surface area (Å²) < 4.78 is 16.7. The predicted molar refractivity (Wildman–Crippen MR) is 144 cm³/mol. The van der Waals surface area contributed by atoms with E-state index in [1.165, 1.54) is 18.2 Å². The van der Waals surface area contributed by atoms with E-state index >= 15 is 0 Å². The fourth-order valence-corrected chi connectivity index (χ4v) is 4.90.